The van der Waals surface area contributed by atoms with E-state index in [4.69, 9.17) is 0 Å². The number of thioether (sulfide) groups is 1. The minimum absolute atomic E-state index is 0.737. The predicted octanol–water partition coefficient (Wildman–Crippen LogP) is 1.56. The molecular formula is C5H9NS. The Morgan fingerprint density at radius 1 is 1.86 bits per heavy atom. The van der Waals surface area contributed by atoms with E-state index in [1.807, 2.05) is 17.7 Å². The minimum atomic E-state index is 0.737. The van der Waals surface area contributed by atoms with Crippen molar-refractivity contribution in [3.8, 4) is 0 Å². The monoisotopic (exact) mass is 115 g/mol. The molecule has 0 aliphatic rings. The summed E-state index contributed by atoms with van der Waals surface area (Å²) in [5, 5.41) is 1.99. The van der Waals surface area contributed by atoms with Crippen molar-refractivity contribution >= 4 is 18.5 Å². The highest BCUT2D eigenvalue weighted by atomic mass is 32.2. The largest absolute Gasteiger partial charge is 0.297 e. The van der Waals surface area contributed by atoms with Gasteiger partial charge in [0.25, 0.3) is 0 Å². The van der Waals surface area contributed by atoms with Crippen LogP contribution in [0.3, 0.4) is 0 Å². The number of rotatable bonds is 3. The van der Waals surface area contributed by atoms with Crippen molar-refractivity contribution in [2.24, 2.45) is 4.99 Å². The lowest BCUT2D eigenvalue weighted by atomic mass is 10.7. The highest BCUT2D eigenvalue weighted by molar-refractivity contribution is 8.01. The summed E-state index contributed by atoms with van der Waals surface area (Å²) in [5.41, 5.74) is 0. The van der Waals surface area contributed by atoms with E-state index in [2.05, 4.69) is 11.7 Å². The summed E-state index contributed by atoms with van der Waals surface area (Å²) in [4.78, 5) is 3.62. The predicted molar refractivity (Wildman–Crippen MR) is 37.1 cm³/mol. The van der Waals surface area contributed by atoms with Crippen LogP contribution in [0, 0.1) is 0 Å². The number of hydrogen-bond donors (Lipinski definition) is 0. The first kappa shape index (κ1) is 6.76. The molecule has 0 saturated heterocycles. The fraction of sp³-hybridized carbons (Fsp3) is 0.400. The van der Waals surface area contributed by atoms with Crippen LogP contribution < -0.4 is 0 Å². The highest BCUT2D eigenvalue weighted by Crippen LogP contribution is 1.91. The van der Waals surface area contributed by atoms with Gasteiger partial charge in [-0.2, -0.15) is 0 Å². The van der Waals surface area contributed by atoms with Crippen molar-refractivity contribution in [1.82, 2.24) is 0 Å². The summed E-state index contributed by atoms with van der Waals surface area (Å²) in [6.07, 6.45) is 3.98. The van der Waals surface area contributed by atoms with Crippen molar-refractivity contribution in [3.63, 3.8) is 0 Å². The van der Waals surface area contributed by atoms with Crippen molar-refractivity contribution < 1.29 is 0 Å². The fourth-order valence-electron chi connectivity index (χ4n) is 0.214. The standard InChI is InChI=1S/C5H9NS/c1-6-4-3-5-7-2/h3,5H,1,4H2,2H3/b5-3+. The molecule has 0 saturated carbocycles. The van der Waals surface area contributed by atoms with Crippen LogP contribution in [0.1, 0.15) is 0 Å². The van der Waals surface area contributed by atoms with Gasteiger partial charge in [-0.3, -0.25) is 4.99 Å². The molecule has 0 aliphatic heterocycles. The van der Waals surface area contributed by atoms with Crippen molar-refractivity contribution in [2.75, 3.05) is 12.8 Å². The zero-order valence-corrected chi connectivity index (χ0v) is 5.24. The maximum absolute atomic E-state index is 3.62. The van der Waals surface area contributed by atoms with E-state index < -0.39 is 0 Å². The Kier molecular flexibility index (Phi) is 5.56. The van der Waals surface area contributed by atoms with Gasteiger partial charge in [0.2, 0.25) is 0 Å². The van der Waals surface area contributed by atoms with Crippen LogP contribution in [0.25, 0.3) is 0 Å². The molecule has 0 amide bonds. The van der Waals surface area contributed by atoms with Crippen molar-refractivity contribution in [1.29, 1.82) is 0 Å². The molecular weight excluding hydrogens is 106 g/mol. The Balaban J connectivity index is 2.92. The molecule has 0 fully saturated rings. The van der Waals surface area contributed by atoms with E-state index in [0.29, 0.717) is 0 Å². The van der Waals surface area contributed by atoms with Gasteiger partial charge >= 0.3 is 0 Å². The maximum Gasteiger partial charge on any atom is 0.0571 e. The van der Waals surface area contributed by atoms with E-state index in [1.165, 1.54) is 0 Å². The topological polar surface area (TPSA) is 12.4 Å². The molecule has 0 radical (unpaired) electrons. The highest BCUT2D eigenvalue weighted by Gasteiger charge is 1.63. The van der Waals surface area contributed by atoms with Gasteiger partial charge in [-0.15, -0.1) is 11.8 Å². The van der Waals surface area contributed by atoms with E-state index in [1.54, 1.807) is 11.8 Å². The van der Waals surface area contributed by atoms with Crippen LogP contribution in [0.15, 0.2) is 16.5 Å². The molecule has 0 atom stereocenters. The molecule has 40 valence electrons. The Morgan fingerprint density at radius 3 is 3.00 bits per heavy atom. The summed E-state index contributed by atoms with van der Waals surface area (Å²) < 4.78 is 0. The smallest absolute Gasteiger partial charge is 0.0571 e. The molecule has 0 aromatic carbocycles. The summed E-state index contributed by atoms with van der Waals surface area (Å²) in [6, 6.07) is 0. The average molecular weight is 115 g/mol. The molecule has 0 bridgehead atoms. The third-order valence-electron chi connectivity index (χ3n) is 0.467. The van der Waals surface area contributed by atoms with Gasteiger partial charge in [0.1, 0.15) is 0 Å². The molecule has 7 heavy (non-hydrogen) atoms. The second-order valence-electron chi connectivity index (χ2n) is 1.01. The lowest BCUT2D eigenvalue weighted by Crippen LogP contribution is -1.63. The molecule has 0 aromatic heterocycles. The van der Waals surface area contributed by atoms with E-state index >= 15 is 0 Å². The molecule has 0 spiro atoms. The van der Waals surface area contributed by atoms with Gasteiger partial charge in [-0.05, 0) is 18.4 Å². The summed E-state index contributed by atoms with van der Waals surface area (Å²) >= 11 is 1.67. The lowest BCUT2D eigenvalue weighted by Gasteiger charge is -1.75. The first-order valence-corrected chi connectivity index (χ1v) is 3.31. The van der Waals surface area contributed by atoms with Gasteiger partial charge in [0.05, 0.1) is 6.54 Å². The third-order valence-corrected chi connectivity index (χ3v) is 0.931. The number of nitrogens with zero attached hydrogens (tertiary/aromatic N) is 1. The maximum atomic E-state index is 3.62. The first-order chi connectivity index (χ1) is 3.41. The Labute approximate surface area is 48.5 Å². The molecule has 0 N–H and O–H groups in total. The molecule has 0 rings (SSSR count). The van der Waals surface area contributed by atoms with Crippen LogP contribution in [0.4, 0.5) is 0 Å². The summed E-state index contributed by atoms with van der Waals surface area (Å²) in [6.45, 7) is 4.06. The SMILES string of the molecule is C=NC/C=C/SC. The number of hydrogen-bond acceptors (Lipinski definition) is 2. The molecule has 2 heteroatoms. The summed E-state index contributed by atoms with van der Waals surface area (Å²) in [7, 11) is 0. The molecule has 0 aliphatic carbocycles. The average Bonchev–Trinajstić information content (AvgIpc) is 1.69. The van der Waals surface area contributed by atoms with E-state index in [-0.39, 0.29) is 0 Å². The molecule has 0 heterocycles. The van der Waals surface area contributed by atoms with Gasteiger partial charge in [-0.1, -0.05) is 6.08 Å². The molecule has 1 nitrogen and oxygen atoms in total. The van der Waals surface area contributed by atoms with Gasteiger partial charge < -0.3 is 0 Å². The van der Waals surface area contributed by atoms with Gasteiger partial charge in [0.15, 0.2) is 0 Å². The minimum Gasteiger partial charge on any atom is -0.297 e. The molecule has 0 aromatic rings. The quantitative estimate of drug-likeness (QED) is 0.508. The Bertz CT molecular complexity index is 68.5. The van der Waals surface area contributed by atoms with Gasteiger partial charge in [-0.25, -0.2) is 0 Å². The first-order valence-electron chi connectivity index (χ1n) is 2.02. The van der Waals surface area contributed by atoms with Gasteiger partial charge in [0, 0.05) is 0 Å². The normalized spacial score (nSPS) is 9.86. The zero-order chi connectivity index (χ0) is 5.54. The van der Waals surface area contributed by atoms with Crippen molar-refractivity contribution in [2.45, 2.75) is 0 Å². The van der Waals surface area contributed by atoms with E-state index in [9.17, 15) is 0 Å². The fourth-order valence-corrected chi connectivity index (χ4v) is 0.492. The second kappa shape index (κ2) is 5.76. The lowest BCUT2D eigenvalue weighted by molar-refractivity contribution is 1.27. The van der Waals surface area contributed by atoms with Crippen LogP contribution in [-0.2, 0) is 0 Å². The van der Waals surface area contributed by atoms with Crippen molar-refractivity contribution in [3.05, 3.63) is 11.5 Å². The second-order valence-corrected chi connectivity index (χ2v) is 1.76. The zero-order valence-electron chi connectivity index (χ0n) is 4.42. The number of aliphatic imine (C=N–C) groups is 1. The summed E-state index contributed by atoms with van der Waals surface area (Å²) in [5.74, 6) is 0. The van der Waals surface area contributed by atoms with Crippen LogP contribution >= 0.6 is 11.8 Å². The van der Waals surface area contributed by atoms with Crippen LogP contribution in [0.2, 0.25) is 0 Å². The van der Waals surface area contributed by atoms with Crippen LogP contribution in [0.5, 0.6) is 0 Å². The molecule has 0 unspecified atom stereocenters. The van der Waals surface area contributed by atoms with Crippen LogP contribution in [-0.4, -0.2) is 19.5 Å². The third kappa shape index (κ3) is 5.76. The Hall–Kier alpha value is -0.240. The van der Waals surface area contributed by atoms with E-state index in [0.717, 1.165) is 6.54 Å². The Morgan fingerprint density at radius 2 is 2.57 bits per heavy atom.